The van der Waals surface area contributed by atoms with Crippen molar-refractivity contribution in [2.75, 3.05) is 5.73 Å². The summed E-state index contributed by atoms with van der Waals surface area (Å²) in [6.45, 7) is 5.07. The molecular formula is C14H18N4. The Morgan fingerprint density at radius 1 is 1.22 bits per heavy atom. The zero-order chi connectivity index (χ0) is 13.0. The molecule has 0 fully saturated rings. The van der Waals surface area contributed by atoms with Crippen LogP contribution >= 0.6 is 0 Å². The van der Waals surface area contributed by atoms with E-state index in [0.717, 1.165) is 17.8 Å². The summed E-state index contributed by atoms with van der Waals surface area (Å²) in [6, 6.07) is 8.61. The van der Waals surface area contributed by atoms with E-state index in [4.69, 9.17) is 5.73 Å². The molecule has 1 heterocycles. The van der Waals surface area contributed by atoms with Gasteiger partial charge in [-0.3, -0.25) is 4.98 Å². The molecule has 0 unspecified atom stereocenters. The predicted molar refractivity (Wildman–Crippen MR) is 73.9 cm³/mol. The second-order valence-electron chi connectivity index (χ2n) is 4.52. The first kappa shape index (κ1) is 12.5. The van der Waals surface area contributed by atoms with Crippen molar-refractivity contribution in [1.82, 2.24) is 15.3 Å². The van der Waals surface area contributed by atoms with Gasteiger partial charge in [0.15, 0.2) is 0 Å². The predicted octanol–water partition coefficient (Wildman–Crippen LogP) is 2.22. The van der Waals surface area contributed by atoms with Crippen LogP contribution in [0.2, 0.25) is 0 Å². The third-order valence-corrected chi connectivity index (χ3v) is 2.65. The zero-order valence-corrected chi connectivity index (χ0v) is 10.7. The fraction of sp³-hybridized carbons (Fsp3) is 0.286. The van der Waals surface area contributed by atoms with Crippen molar-refractivity contribution in [1.29, 1.82) is 0 Å². The highest BCUT2D eigenvalue weighted by Gasteiger charge is 2.06. The Balaban J connectivity index is 2.32. The molecule has 2 rings (SSSR count). The first-order chi connectivity index (χ1) is 8.66. The Hall–Kier alpha value is -1.94. The monoisotopic (exact) mass is 242 g/mol. The van der Waals surface area contributed by atoms with Gasteiger partial charge in [0.25, 0.3) is 0 Å². The summed E-state index contributed by atoms with van der Waals surface area (Å²) < 4.78 is 0. The Bertz CT molecular complexity index is 523. The smallest absolute Gasteiger partial charge is 0.142 e. The van der Waals surface area contributed by atoms with Crippen LogP contribution in [0.3, 0.4) is 0 Å². The summed E-state index contributed by atoms with van der Waals surface area (Å²) in [6.07, 6.45) is 3.29. The van der Waals surface area contributed by atoms with Gasteiger partial charge in [-0.05, 0) is 5.56 Å². The standard InChI is InChI=1S/C14H18N4/c1-10(2)17-7-11-5-3-4-6-12(11)13-8-16-9-14(15)18-13/h3-6,8-10,17H,7H2,1-2H3,(H2,15,18). The molecule has 18 heavy (non-hydrogen) atoms. The molecule has 1 aromatic carbocycles. The molecule has 0 bridgehead atoms. The van der Waals surface area contributed by atoms with Gasteiger partial charge in [0.1, 0.15) is 5.82 Å². The second kappa shape index (κ2) is 5.60. The molecule has 0 saturated carbocycles. The molecule has 0 saturated heterocycles. The third kappa shape index (κ3) is 3.05. The molecule has 4 heteroatoms. The minimum atomic E-state index is 0.444. The molecule has 2 aromatic rings. The Labute approximate surface area is 107 Å². The first-order valence-corrected chi connectivity index (χ1v) is 6.06. The fourth-order valence-corrected chi connectivity index (χ4v) is 1.75. The summed E-state index contributed by atoms with van der Waals surface area (Å²) in [5.41, 5.74) is 8.77. The Morgan fingerprint density at radius 2 is 2.00 bits per heavy atom. The summed E-state index contributed by atoms with van der Waals surface area (Å²) in [5, 5.41) is 3.41. The van der Waals surface area contributed by atoms with E-state index in [1.807, 2.05) is 18.2 Å². The lowest BCUT2D eigenvalue weighted by Gasteiger charge is -2.12. The maximum Gasteiger partial charge on any atom is 0.142 e. The highest BCUT2D eigenvalue weighted by atomic mass is 14.9. The fourth-order valence-electron chi connectivity index (χ4n) is 1.75. The molecule has 0 aliphatic carbocycles. The van der Waals surface area contributed by atoms with Gasteiger partial charge in [-0.15, -0.1) is 0 Å². The molecule has 0 amide bonds. The van der Waals surface area contributed by atoms with Crippen molar-refractivity contribution < 1.29 is 0 Å². The van der Waals surface area contributed by atoms with Gasteiger partial charge in [-0.25, -0.2) is 4.98 Å². The van der Waals surface area contributed by atoms with Crippen molar-refractivity contribution in [3.63, 3.8) is 0 Å². The molecule has 0 aliphatic heterocycles. The molecule has 3 N–H and O–H groups in total. The van der Waals surface area contributed by atoms with Gasteiger partial charge < -0.3 is 11.1 Å². The van der Waals surface area contributed by atoms with Gasteiger partial charge in [0, 0.05) is 18.2 Å². The van der Waals surface area contributed by atoms with Crippen LogP contribution in [0.5, 0.6) is 0 Å². The van der Waals surface area contributed by atoms with Crippen LogP contribution in [0.4, 0.5) is 5.82 Å². The lowest BCUT2D eigenvalue weighted by molar-refractivity contribution is 0.589. The van der Waals surface area contributed by atoms with Crippen LogP contribution in [0.25, 0.3) is 11.3 Å². The van der Waals surface area contributed by atoms with Crippen LogP contribution in [-0.4, -0.2) is 16.0 Å². The number of hydrogen-bond acceptors (Lipinski definition) is 4. The maximum absolute atomic E-state index is 5.68. The minimum absolute atomic E-state index is 0.444. The van der Waals surface area contributed by atoms with E-state index < -0.39 is 0 Å². The molecule has 4 nitrogen and oxygen atoms in total. The van der Waals surface area contributed by atoms with Crippen LogP contribution in [0.15, 0.2) is 36.7 Å². The number of nitrogens with one attached hydrogen (secondary N) is 1. The summed E-state index contributed by atoms with van der Waals surface area (Å²) in [7, 11) is 0. The van der Waals surface area contributed by atoms with E-state index >= 15 is 0 Å². The maximum atomic E-state index is 5.68. The van der Waals surface area contributed by atoms with E-state index in [0.29, 0.717) is 11.9 Å². The number of nitrogen functional groups attached to an aromatic ring is 1. The average Bonchev–Trinajstić information content (AvgIpc) is 2.36. The number of benzene rings is 1. The minimum Gasteiger partial charge on any atom is -0.382 e. The zero-order valence-electron chi connectivity index (χ0n) is 10.7. The van der Waals surface area contributed by atoms with E-state index in [-0.39, 0.29) is 0 Å². The Morgan fingerprint density at radius 3 is 2.72 bits per heavy atom. The summed E-state index contributed by atoms with van der Waals surface area (Å²) >= 11 is 0. The summed E-state index contributed by atoms with van der Waals surface area (Å²) in [4.78, 5) is 8.41. The second-order valence-corrected chi connectivity index (χ2v) is 4.52. The number of rotatable bonds is 4. The topological polar surface area (TPSA) is 63.8 Å². The molecule has 94 valence electrons. The average molecular weight is 242 g/mol. The lowest BCUT2D eigenvalue weighted by atomic mass is 10.0. The van der Waals surface area contributed by atoms with E-state index in [2.05, 4.69) is 35.2 Å². The van der Waals surface area contributed by atoms with E-state index in [1.165, 1.54) is 5.56 Å². The number of aromatic nitrogens is 2. The number of hydrogen-bond donors (Lipinski definition) is 2. The van der Waals surface area contributed by atoms with Crippen LogP contribution < -0.4 is 11.1 Å². The quantitative estimate of drug-likeness (QED) is 0.863. The summed E-state index contributed by atoms with van der Waals surface area (Å²) in [5.74, 6) is 0.444. The highest BCUT2D eigenvalue weighted by Crippen LogP contribution is 2.21. The molecule has 0 radical (unpaired) electrons. The number of anilines is 1. The van der Waals surface area contributed by atoms with E-state index in [1.54, 1.807) is 12.4 Å². The van der Waals surface area contributed by atoms with Crippen molar-refractivity contribution in [2.45, 2.75) is 26.4 Å². The number of nitrogens with zero attached hydrogens (tertiary/aromatic N) is 2. The van der Waals surface area contributed by atoms with Crippen LogP contribution in [0, 0.1) is 0 Å². The van der Waals surface area contributed by atoms with Gasteiger partial charge in [0.2, 0.25) is 0 Å². The molecule has 0 atom stereocenters. The largest absolute Gasteiger partial charge is 0.382 e. The first-order valence-electron chi connectivity index (χ1n) is 6.06. The van der Waals surface area contributed by atoms with Crippen molar-refractivity contribution in [3.05, 3.63) is 42.2 Å². The molecule has 0 spiro atoms. The van der Waals surface area contributed by atoms with Gasteiger partial charge >= 0.3 is 0 Å². The SMILES string of the molecule is CC(C)NCc1ccccc1-c1cncc(N)n1. The van der Waals surface area contributed by atoms with Crippen LogP contribution in [0.1, 0.15) is 19.4 Å². The number of nitrogens with two attached hydrogens (primary N) is 1. The van der Waals surface area contributed by atoms with E-state index in [9.17, 15) is 0 Å². The van der Waals surface area contributed by atoms with Crippen LogP contribution in [-0.2, 0) is 6.54 Å². The lowest BCUT2D eigenvalue weighted by Crippen LogP contribution is -2.22. The van der Waals surface area contributed by atoms with Gasteiger partial charge in [0.05, 0.1) is 18.1 Å². The Kier molecular flexibility index (Phi) is 3.89. The molecular weight excluding hydrogens is 224 g/mol. The van der Waals surface area contributed by atoms with Gasteiger partial charge in [-0.2, -0.15) is 0 Å². The third-order valence-electron chi connectivity index (χ3n) is 2.65. The highest BCUT2D eigenvalue weighted by molar-refractivity contribution is 5.63. The van der Waals surface area contributed by atoms with Crippen molar-refractivity contribution in [3.8, 4) is 11.3 Å². The molecule has 1 aromatic heterocycles. The normalized spacial score (nSPS) is 10.8. The van der Waals surface area contributed by atoms with Gasteiger partial charge in [-0.1, -0.05) is 38.1 Å². The van der Waals surface area contributed by atoms with Crippen molar-refractivity contribution >= 4 is 5.82 Å². The van der Waals surface area contributed by atoms with Crippen molar-refractivity contribution in [2.24, 2.45) is 0 Å². The molecule has 0 aliphatic rings.